The molecule has 0 radical (unpaired) electrons. The zero-order valence-electron chi connectivity index (χ0n) is 18.7. The van der Waals surface area contributed by atoms with Gasteiger partial charge in [-0.25, -0.2) is 5.43 Å². The van der Waals surface area contributed by atoms with Crippen LogP contribution in [0.5, 0.6) is 17.2 Å². The van der Waals surface area contributed by atoms with Crippen molar-refractivity contribution in [3.63, 3.8) is 0 Å². The summed E-state index contributed by atoms with van der Waals surface area (Å²) in [6, 6.07) is 33.3. The van der Waals surface area contributed by atoms with E-state index in [1.807, 2.05) is 84.9 Å². The van der Waals surface area contributed by atoms with E-state index < -0.39 is 12.2 Å². The zero-order valence-corrected chi connectivity index (χ0v) is 20.3. The molecule has 176 valence electrons. The number of nitrogens with one attached hydrogen (secondary N) is 1. The van der Waals surface area contributed by atoms with Crippen molar-refractivity contribution in [3.05, 3.63) is 125 Å². The van der Waals surface area contributed by atoms with Crippen LogP contribution in [-0.2, 0) is 11.4 Å². The number of hydrazone groups is 1. The van der Waals surface area contributed by atoms with Crippen molar-refractivity contribution in [1.82, 2.24) is 5.43 Å². The summed E-state index contributed by atoms with van der Waals surface area (Å²) in [6.07, 6.45) is 0.309. The Morgan fingerprint density at radius 1 is 0.800 bits per heavy atom. The molecule has 0 atom stereocenters. The van der Waals surface area contributed by atoms with E-state index in [0.29, 0.717) is 23.9 Å². The minimum Gasteiger partial charge on any atom is -0.489 e. The predicted molar refractivity (Wildman–Crippen MR) is 139 cm³/mol. The second-order valence-corrected chi connectivity index (χ2v) is 8.33. The largest absolute Gasteiger partial charge is 0.489 e. The Morgan fingerprint density at radius 2 is 1.43 bits per heavy atom. The van der Waals surface area contributed by atoms with E-state index in [-0.39, 0.29) is 0 Å². The number of rotatable bonds is 10. The molecule has 0 aliphatic carbocycles. The molecule has 1 amide bonds. The van der Waals surface area contributed by atoms with Gasteiger partial charge in [-0.1, -0.05) is 76.6 Å². The van der Waals surface area contributed by atoms with Gasteiger partial charge in [-0.3, -0.25) is 4.79 Å². The second-order valence-electron chi connectivity index (χ2n) is 7.42. The minimum absolute atomic E-state index is 0.437. The Balaban J connectivity index is 1.38. The molecule has 0 saturated carbocycles. The Labute approximate surface area is 212 Å². The average molecular weight is 531 g/mol. The Hall–Kier alpha value is -4.10. The number of hydrogen-bond acceptors (Lipinski definition) is 5. The van der Waals surface area contributed by atoms with Gasteiger partial charge >= 0.3 is 12.2 Å². The van der Waals surface area contributed by atoms with Crippen molar-refractivity contribution in [3.8, 4) is 17.2 Å². The number of halogens is 1. The van der Waals surface area contributed by atoms with Crippen molar-refractivity contribution in [2.45, 2.75) is 12.9 Å². The summed E-state index contributed by atoms with van der Waals surface area (Å²) >= 11 is 3.46. The third kappa shape index (κ3) is 7.72. The summed E-state index contributed by atoms with van der Waals surface area (Å²) in [4.78, 5) is 12.8. The molecule has 0 bridgehead atoms. The van der Waals surface area contributed by atoms with E-state index in [0.717, 1.165) is 15.6 Å². The van der Waals surface area contributed by atoms with Crippen LogP contribution >= 0.6 is 15.9 Å². The highest BCUT2D eigenvalue weighted by Gasteiger charge is 2.22. The summed E-state index contributed by atoms with van der Waals surface area (Å²) in [6.45, 7) is 0.437. The normalized spacial score (nSPS) is 10.8. The number of amides is 1. The van der Waals surface area contributed by atoms with Gasteiger partial charge in [0.25, 0.3) is 0 Å². The lowest BCUT2D eigenvalue weighted by molar-refractivity contribution is -0.140. The van der Waals surface area contributed by atoms with Crippen molar-refractivity contribution in [1.29, 1.82) is 0 Å². The molecule has 0 aromatic heterocycles. The smallest absolute Gasteiger partial charge is 0.323 e. The van der Waals surface area contributed by atoms with Gasteiger partial charge in [0.1, 0.15) is 23.9 Å². The molecule has 0 aliphatic heterocycles. The van der Waals surface area contributed by atoms with Gasteiger partial charge in [-0.2, -0.15) is 5.10 Å². The first-order valence-electron chi connectivity index (χ1n) is 10.9. The second kappa shape index (κ2) is 12.4. The average Bonchev–Trinajstić information content (AvgIpc) is 2.89. The van der Waals surface area contributed by atoms with E-state index in [2.05, 4.69) is 26.5 Å². The lowest BCUT2D eigenvalue weighted by atomic mass is 10.2. The van der Waals surface area contributed by atoms with E-state index in [4.69, 9.17) is 14.2 Å². The monoisotopic (exact) mass is 530 g/mol. The molecular weight excluding hydrogens is 508 g/mol. The van der Waals surface area contributed by atoms with Crippen LogP contribution in [0.2, 0.25) is 0 Å². The standard InChI is InChI=1S/C28H23BrN2O4/c29-23-11-7-10-22(17-23)20-33-26-16-8-9-21(18-26)19-30-31-27(32)28(34-24-12-3-1-4-13-24)35-25-14-5-2-6-15-25/h1-19,28H,20H2,(H,31,32). The molecule has 1 N–H and O–H groups in total. The third-order valence-electron chi connectivity index (χ3n) is 4.73. The molecule has 6 nitrogen and oxygen atoms in total. The lowest BCUT2D eigenvalue weighted by Gasteiger charge is -2.18. The first-order chi connectivity index (χ1) is 17.2. The van der Waals surface area contributed by atoms with Gasteiger partial charge in [0.2, 0.25) is 0 Å². The van der Waals surface area contributed by atoms with Crippen LogP contribution in [0.25, 0.3) is 0 Å². The molecule has 0 fully saturated rings. The number of ether oxygens (including phenoxy) is 3. The third-order valence-corrected chi connectivity index (χ3v) is 5.22. The molecule has 7 heteroatoms. The van der Waals surface area contributed by atoms with Crippen LogP contribution in [0.1, 0.15) is 11.1 Å². The first-order valence-corrected chi connectivity index (χ1v) is 11.7. The molecule has 4 aromatic rings. The summed E-state index contributed by atoms with van der Waals surface area (Å²) in [7, 11) is 0. The van der Waals surface area contributed by atoms with Crippen LogP contribution < -0.4 is 19.6 Å². The molecule has 0 aliphatic rings. The maximum atomic E-state index is 12.8. The SMILES string of the molecule is O=C(NN=Cc1cccc(OCc2cccc(Br)c2)c1)C(Oc1ccccc1)Oc1ccccc1. The molecule has 35 heavy (non-hydrogen) atoms. The van der Waals surface area contributed by atoms with Crippen LogP contribution in [0.15, 0.2) is 119 Å². The van der Waals surface area contributed by atoms with Crippen molar-refractivity contribution in [2.75, 3.05) is 0 Å². The Bertz CT molecular complexity index is 1220. The first kappa shape index (κ1) is 24.0. The highest BCUT2D eigenvalue weighted by atomic mass is 79.9. The van der Waals surface area contributed by atoms with Gasteiger partial charge in [0.05, 0.1) is 6.21 Å². The van der Waals surface area contributed by atoms with Crippen molar-refractivity contribution in [2.24, 2.45) is 5.10 Å². The molecule has 0 spiro atoms. The van der Waals surface area contributed by atoms with E-state index in [1.165, 1.54) is 6.21 Å². The Morgan fingerprint density at radius 3 is 2.09 bits per heavy atom. The highest BCUT2D eigenvalue weighted by Crippen LogP contribution is 2.18. The van der Waals surface area contributed by atoms with Gasteiger partial charge in [-0.15, -0.1) is 0 Å². The van der Waals surface area contributed by atoms with E-state index in [1.54, 1.807) is 24.3 Å². The van der Waals surface area contributed by atoms with Crippen molar-refractivity contribution >= 4 is 28.1 Å². The van der Waals surface area contributed by atoms with Crippen LogP contribution in [0.4, 0.5) is 0 Å². The number of para-hydroxylation sites is 2. The molecule has 0 unspecified atom stereocenters. The topological polar surface area (TPSA) is 69.2 Å². The summed E-state index contributed by atoms with van der Waals surface area (Å²) in [5.41, 5.74) is 4.30. The van der Waals surface area contributed by atoms with Gasteiger partial charge < -0.3 is 14.2 Å². The number of carbonyl (C=O) groups is 1. The fourth-order valence-electron chi connectivity index (χ4n) is 3.08. The molecule has 4 aromatic carbocycles. The highest BCUT2D eigenvalue weighted by molar-refractivity contribution is 9.10. The number of hydrogen-bond donors (Lipinski definition) is 1. The fourth-order valence-corrected chi connectivity index (χ4v) is 3.52. The quantitative estimate of drug-likeness (QED) is 0.156. The van der Waals surface area contributed by atoms with Crippen LogP contribution in [-0.4, -0.2) is 18.4 Å². The number of benzene rings is 4. The summed E-state index contributed by atoms with van der Waals surface area (Å²) in [5, 5.41) is 4.07. The van der Waals surface area contributed by atoms with E-state index in [9.17, 15) is 4.79 Å². The number of nitrogens with zero attached hydrogens (tertiary/aromatic N) is 1. The van der Waals surface area contributed by atoms with Gasteiger partial charge in [0.15, 0.2) is 0 Å². The van der Waals surface area contributed by atoms with Crippen LogP contribution in [0.3, 0.4) is 0 Å². The Kier molecular flexibility index (Phi) is 8.51. The van der Waals surface area contributed by atoms with Crippen molar-refractivity contribution < 1.29 is 19.0 Å². The van der Waals surface area contributed by atoms with Gasteiger partial charge in [-0.05, 0) is 59.7 Å². The maximum absolute atomic E-state index is 12.8. The van der Waals surface area contributed by atoms with E-state index >= 15 is 0 Å². The van der Waals surface area contributed by atoms with Crippen LogP contribution in [0, 0.1) is 0 Å². The summed E-state index contributed by atoms with van der Waals surface area (Å²) in [5.74, 6) is 1.15. The molecular formula is C28H23BrN2O4. The predicted octanol–water partition coefficient (Wildman–Crippen LogP) is 5.96. The summed E-state index contributed by atoms with van der Waals surface area (Å²) < 4.78 is 18.4. The number of carbonyl (C=O) groups excluding carboxylic acids is 1. The maximum Gasteiger partial charge on any atom is 0.323 e. The zero-order chi connectivity index (χ0) is 24.3. The lowest BCUT2D eigenvalue weighted by Crippen LogP contribution is -2.40. The molecule has 4 rings (SSSR count). The van der Waals surface area contributed by atoms with Gasteiger partial charge in [0, 0.05) is 4.47 Å². The molecule has 0 heterocycles. The molecule has 0 saturated heterocycles. The minimum atomic E-state index is -1.23. The fraction of sp³-hybridized carbons (Fsp3) is 0.0714.